The molecule has 0 saturated carbocycles. The predicted octanol–water partition coefficient (Wildman–Crippen LogP) is 3.90. The molecule has 0 aliphatic rings. The molecule has 1 N–H and O–H groups in total. The lowest BCUT2D eigenvalue weighted by atomic mass is 10.0. The Morgan fingerprint density at radius 3 is 2.47 bits per heavy atom. The number of H-pyrrole nitrogens is 1. The van der Waals surface area contributed by atoms with Gasteiger partial charge in [0.05, 0.1) is 27.3 Å². The molecule has 5 heteroatoms. The van der Waals surface area contributed by atoms with E-state index in [1.54, 1.807) is 18.2 Å². The van der Waals surface area contributed by atoms with E-state index < -0.39 is 0 Å². The first-order valence-electron chi connectivity index (χ1n) is 5.58. The molecule has 0 radical (unpaired) electrons. The van der Waals surface area contributed by atoms with Crippen LogP contribution in [0.4, 0.5) is 0 Å². The maximum absolute atomic E-state index is 11.6. The summed E-state index contributed by atoms with van der Waals surface area (Å²) in [5.74, 6) is 0. The Morgan fingerprint density at radius 2 is 1.68 bits per heavy atom. The number of hydrogen-bond acceptors (Lipinski definition) is 2. The van der Waals surface area contributed by atoms with Gasteiger partial charge in [0.2, 0.25) is 0 Å². The minimum atomic E-state index is -0.148. The highest BCUT2D eigenvalue weighted by molar-refractivity contribution is 6.42. The van der Waals surface area contributed by atoms with E-state index in [2.05, 4.69) is 9.97 Å². The van der Waals surface area contributed by atoms with Crippen molar-refractivity contribution in [3.63, 3.8) is 0 Å². The Morgan fingerprint density at radius 1 is 0.947 bits per heavy atom. The maximum Gasteiger partial charge on any atom is 0.258 e. The van der Waals surface area contributed by atoms with Crippen LogP contribution in [0.5, 0.6) is 0 Å². The predicted molar refractivity (Wildman–Crippen MR) is 77.8 cm³/mol. The first kappa shape index (κ1) is 12.2. The van der Waals surface area contributed by atoms with E-state index >= 15 is 0 Å². The summed E-state index contributed by atoms with van der Waals surface area (Å²) in [4.78, 5) is 18.3. The summed E-state index contributed by atoms with van der Waals surface area (Å²) in [6, 6.07) is 10.9. The number of halogens is 2. The number of aromatic nitrogens is 2. The molecule has 19 heavy (non-hydrogen) atoms. The van der Waals surface area contributed by atoms with Crippen molar-refractivity contribution >= 4 is 34.1 Å². The monoisotopic (exact) mass is 290 g/mol. The molecule has 3 rings (SSSR count). The second kappa shape index (κ2) is 4.68. The quantitative estimate of drug-likeness (QED) is 0.739. The third-order valence-electron chi connectivity index (χ3n) is 2.89. The lowest BCUT2D eigenvalue weighted by molar-refractivity contribution is 1.17. The first-order chi connectivity index (χ1) is 9.15. The van der Waals surface area contributed by atoms with E-state index in [-0.39, 0.29) is 5.56 Å². The SMILES string of the molecule is O=c1[nH]cnc2cc(-c3ccc(Cl)c(Cl)c3)ccc12. The van der Waals surface area contributed by atoms with Crippen molar-refractivity contribution in [1.29, 1.82) is 0 Å². The third-order valence-corrected chi connectivity index (χ3v) is 3.63. The Labute approximate surface area is 118 Å². The summed E-state index contributed by atoms with van der Waals surface area (Å²) in [5.41, 5.74) is 2.36. The van der Waals surface area contributed by atoms with Gasteiger partial charge in [0.15, 0.2) is 0 Å². The Balaban J connectivity index is 2.20. The first-order valence-corrected chi connectivity index (χ1v) is 6.33. The number of nitrogens with zero attached hydrogens (tertiary/aromatic N) is 1. The Kier molecular flexibility index (Phi) is 3.01. The van der Waals surface area contributed by atoms with Gasteiger partial charge in [0.25, 0.3) is 5.56 Å². The number of hydrogen-bond donors (Lipinski definition) is 1. The molecule has 0 amide bonds. The standard InChI is InChI=1S/C14H8Cl2N2O/c15-11-4-2-8(5-12(11)16)9-1-3-10-13(6-9)17-7-18-14(10)19/h1-7H,(H,17,18,19). The lowest BCUT2D eigenvalue weighted by Gasteiger charge is -2.04. The minimum Gasteiger partial charge on any atom is -0.313 e. The topological polar surface area (TPSA) is 45.8 Å². The van der Waals surface area contributed by atoms with Crippen LogP contribution in [0.1, 0.15) is 0 Å². The second-order valence-corrected chi connectivity index (χ2v) is 4.91. The van der Waals surface area contributed by atoms with Crippen molar-refractivity contribution in [2.75, 3.05) is 0 Å². The van der Waals surface area contributed by atoms with Gasteiger partial charge in [-0.1, -0.05) is 35.3 Å². The van der Waals surface area contributed by atoms with Crippen LogP contribution in [0.2, 0.25) is 10.0 Å². The van der Waals surface area contributed by atoms with Crippen molar-refractivity contribution in [3.05, 3.63) is 63.1 Å². The number of fused-ring (bicyclic) bond motifs is 1. The van der Waals surface area contributed by atoms with Gasteiger partial charge in [-0.15, -0.1) is 0 Å². The molecule has 0 atom stereocenters. The summed E-state index contributed by atoms with van der Waals surface area (Å²) >= 11 is 11.9. The van der Waals surface area contributed by atoms with Crippen LogP contribution in [0.3, 0.4) is 0 Å². The van der Waals surface area contributed by atoms with Crippen LogP contribution in [-0.2, 0) is 0 Å². The smallest absolute Gasteiger partial charge is 0.258 e. The number of rotatable bonds is 1. The fraction of sp³-hybridized carbons (Fsp3) is 0. The van der Waals surface area contributed by atoms with Gasteiger partial charge in [-0.25, -0.2) is 4.98 Å². The van der Waals surface area contributed by atoms with Crippen LogP contribution in [0.25, 0.3) is 22.0 Å². The molecule has 0 aliphatic heterocycles. The third kappa shape index (κ3) is 2.23. The van der Waals surface area contributed by atoms with Gasteiger partial charge < -0.3 is 4.98 Å². The molecular weight excluding hydrogens is 283 g/mol. The zero-order valence-electron chi connectivity index (χ0n) is 9.65. The molecule has 94 valence electrons. The van der Waals surface area contributed by atoms with Gasteiger partial charge in [-0.2, -0.15) is 0 Å². The van der Waals surface area contributed by atoms with Gasteiger partial charge in [0.1, 0.15) is 0 Å². The number of nitrogens with one attached hydrogen (secondary N) is 1. The average Bonchev–Trinajstić information content (AvgIpc) is 2.42. The summed E-state index contributed by atoms with van der Waals surface area (Å²) in [6.07, 6.45) is 1.39. The van der Waals surface area contributed by atoms with Crippen LogP contribution >= 0.6 is 23.2 Å². The van der Waals surface area contributed by atoms with Crippen molar-refractivity contribution in [2.45, 2.75) is 0 Å². The molecule has 0 aliphatic carbocycles. The molecule has 3 nitrogen and oxygen atoms in total. The van der Waals surface area contributed by atoms with E-state index in [9.17, 15) is 4.79 Å². The van der Waals surface area contributed by atoms with E-state index in [0.29, 0.717) is 20.9 Å². The van der Waals surface area contributed by atoms with Crippen LogP contribution in [-0.4, -0.2) is 9.97 Å². The molecule has 2 aromatic carbocycles. The highest BCUT2D eigenvalue weighted by atomic mass is 35.5. The molecular formula is C14H8Cl2N2O. The highest BCUT2D eigenvalue weighted by Crippen LogP contribution is 2.29. The largest absolute Gasteiger partial charge is 0.313 e. The molecule has 0 unspecified atom stereocenters. The van der Waals surface area contributed by atoms with Crippen LogP contribution in [0, 0.1) is 0 Å². The molecule has 0 bridgehead atoms. The van der Waals surface area contributed by atoms with Gasteiger partial charge in [0, 0.05) is 0 Å². The van der Waals surface area contributed by atoms with E-state index in [4.69, 9.17) is 23.2 Å². The van der Waals surface area contributed by atoms with Crippen molar-refractivity contribution < 1.29 is 0 Å². The fourth-order valence-corrected chi connectivity index (χ4v) is 2.22. The van der Waals surface area contributed by atoms with Crippen molar-refractivity contribution in [1.82, 2.24) is 9.97 Å². The number of aromatic amines is 1. The fourth-order valence-electron chi connectivity index (χ4n) is 1.92. The summed E-state index contributed by atoms with van der Waals surface area (Å²) in [5, 5.41) is 1.57. The van der Waals surface area contributed by atoms with Gasteiger partial charge >= 0.3 is 0 Å². The second-order valence-electron chi connectivity index (χ2n) is 4.09. The van der Waals surface area contributed by atoms with Crippen LogP contribution < -0.4 is 5.56 Å². The van der Waals surface area contributed by atoms with E-state index in [1.807, 2.05) is 18.2 Å². The summed E-state index contributed by atoms with van der Waals surface area (Å²) in [7, 11) is 0. The molecule has 0 saturated heterocycles. The zero-order chi connectivity index (χ0) is 13.4. The summed E-state index contributed by atoms with van der Waals surface area (Å²) in [6.45, 7) is 0. The molecule has 3 aromatic rings. The Bertz CT molecular complexity index is 827. The zero-order valence-corrected chi connectivity index (χ0v) is 11.2. The van der Waals surface area contributed by atoms with Crippen molar-refractivity contribution in [3.8, 4) is 11.1 Å². The Hall–Kier alpha value is -1.84. The van der Waals surface area contributed by atoms with Crippen molar-refractivity contribution in [2.24, 2.45) is 0 Å². The van der Waals surface area contributed by atoms with E-state index in [1.165, 1.54) is 6.33 Å². The molecule has 0 spiro atoms. The lowest BCUT2D eigenvalue weighted by Crippen LogP contribution is -2.05. The van der Waals surface area contributed by atoms with Crippen LogP contribution in [0.15, 0.2) is 47.5 Å². The van der Waals surface area contributed by atoms with E-state index in [0.717, 1.165) is 11.1 Å². The molecule has 1 heterocycles. The van der Waals surface area contributed by atoms with Gasteiger partial charge in [-0.05, 0) is 35.4 Å². The maximum atomic E-state index is 11.6. The normalized spacial score (nSPS) is 10.8. The highest BCUT2D eigenvalue weighted by Gasteiger charge is 2.05. The van der Waals surface area contributed by atoms with Gasteiger partial charge in [-0.3, -0.25) is 4.79 Å². The minimum absolute atomic E-state index is 0.148. The molecule has 1 aromatic heterocycles. The number of benzene rings is 2. The summed E-state index contributed by atoms with van der Waals surface area (Å²) < 4.78 is 0. The molecule has 0 fully saturated rings. The average molecular weight is 291 g/mol.